The number of hydrogen-bond donors (Lipinski definition) is 1. The molecule has 1 N–H and O–H groups in total. The van der Waals surface area contributed by atoms with Crippen LogP contribution in [0.2, 0.25) is 0 Å². The number of aromatic amines is 1. The van der Waals surface area contributed by atoms with Crippen LogP contribution in [-0.4, -0.2) is 58.2 Å². The van der Waals surface area contributed by atoms with E-state index in [9.17, 15) is 14.4 Å². The molecule has 4 heterocycles. The van der Waals surface area contributed by atoms with Crippen molar-refractivity contribution in [2.45, 2.75) is 13.0 Å². The minimum absolute atomic E-state index is 0.0699. The third-order valence-electron chi connectivity index (χ3n) is 6.63. The summed E-state index contributed by atoms with van der Waals surface area (Å²) in [6.45, 7) is 4.02. The number of rotatable bonds is 5. The van der Waals surface area contributed by atoms with Gasteiger partial charge in [0.1, 0.15) is 4.70 Å². The molecule has 1 fully saturated rings. The lowest BCUT2D eigenvalue weighted by Crippen LogP contribution is -2.48. The zero-order chi connectivity index (χ0) is 24.6. The summed E-state index contributed by atoms with van der Waals surface area (Å²) in [5.74, 6) is 1.64. The average molecular weight is 505 g/mol. The van der Waals surface area contributed by atoms with E-state index in [1.165, 1.54) is 11.3 Å². The van der Waals surface area contributed by atoms with Gasteiger partial charge in [-0.2, -0.15) is 0 Å². The molecule has 9 nitrogen and oxygen atoms in total. The van der Waals surface area contributed by atoms with Gasteiger partial charge in [-0.1, -0.05) is 18.2 Å². The molecule has 2 aliphatic heterocycles. The smallest absolute Gasteiger partial charge is 0.333 e. The first-order valence-electron chi connectivity index (χ1n) is 11.8. The summed E-state index contributed by atoms with van der Waals surface area (Å²) in [6.07, 6.45) is 0.275. The summed E-state index contributed by atoms with van der Waals surface area (Å²) in [7, 11) is 0. The predicted octanol–water partition coefficient (Wildman–Crippen LogP) is 2.36. The molecule has 0 spiro atoms. The van der Waals surface area contributed by atoms with Crippen molar-refractivity contribution in [3.05, 3.63) is 85.9 Å². The largest absolute Gasteiger partial charge is 0.454 e. The van der Waals surface area contributed by atoms with E-state index in [0.717, 1.165) is 46.8 Å². The van der Waals surface area contributed by atoms with E-state index < -0.39 is 5.69 Å². The maximum Gasteiger partial charge on any atom is 0.333 e. The summed E-state index contributed by atoms with van der Waals surface area (Å²) >= 11 is 1.30. The second-order valence-electron chi connectivity index (χ2n) is 8.92. The van der Waals surface area contributed by atoms with Gasteiger partial charge in [-0.05, 0) is 46.8 Å². The molecule has 0 aliphatic carbocycles. The van der Waals surface area contributed by atoms with Crippen LogP contribution in [0.4, 0.5) is 0 Å². The molecule has 36 heavy (non-hydrogen) atoms. The third-order valence-corrected chi connectivity index (χ3v) is 7.53. The summed E-state index contributed by atoms with van der Waals surface area (Å²) in [5.41, 5.74) is 2.21. The number of fused-ring (bicyclic) bond motifs is 2. The van der Waals surface area contributed by atoms with E-state index in [1.807, 2.05) is 17.0 Å². The first-order chi connectivity index (χ1) is 17.5. The number of piperazine rings is 1. The minimum atomic E-state index is -0.478. The Morgan fingerprint density at radius 2 is 1.67 bits per heavy atom. The van der Waals surface area contributed by atoms with Crippen molar-refractivity contribution in [3.8, 4) is 17.2 Å². The highest BCUT2D eigenvalue weighted by atomic mass is 32.1. The number of thiophene rings is 1. The Hall–Kier alpha value is -3.89. The number of amides is 1. The lowest BCUT2D eigenvalue weighted by molar-refractivity contribution is -0.132. The number of carbonyl (C=O) groups is 1. The van der Waals surface area contributed by atoms with Crippen molar-refractivity contribution < 1.29 is 14.3 Å². The van der Waals surface area contributed by atoms with Gasteiger partial charge in [0.2, 0.25) is 12.7 Å². The first-order valence-corrected chi connectivity index (χ1v) is 12.6. The fraction of sp³-hybridized carbons (Fsp3) is 0.269. The summed E-state index contributed by atoms with van der Waals surface area (Å²) < 4.78 is 12.5. The van der Waals surface area contributed by atoms with Gasteiger partial charge >= 0.3 is 5.69 Å². The quantitative estimate of drug-likeness (QED) is 0.448. The highest BCUT2D eigenvalue weighted by molar-refractivity contribution is 7.17. The molecule has 1 amide bonds. The van der Waals surface area contributed by atoms with Crippen LogP contribution in [0.3, 0.4) is 0 Å². The molecule has 0 bridgehead atoms. The first kappa shape index (κ1) is 22.6. The van der Waals surface area contributed by atoms with E-state index in [4.69, 9.17) is 9.47 Å². The van der Waals surface area contributed by atoms with Crippen LogP contribution < -0.4 is 20.7 Å². The standard InChI is InChI=1S/C26H24N4O5S/c31-23(29-10-8-28(9-11-29)15-18-3-6-21-22(13-18)35-16-34-21)14-17-1-4-19(5-2-17)30-25(32)24-20(7-12-36-24)27-26(30)33/h1-7,12-13H,8-11,14-16H2,(H,27,33). The van der Waals surface area contributed by atoms with E-state index >= 15 is 0 Å². The van der Waals surface area contributed by atoms with Gasteiger partial charge in [-0.25, -0.2) is 9.36 Å². The fourth-order valence-electron chi connectivity index (χ4n) is 4.67. The fourth-order valence-corrected chi connectivity index (χ4v) is 5.45. The Bertz CT molecular complexity index is 1550. The molecule has 2 aromatic carbocycles. The molecule has 2 aliphatic rings. The number of aromatic nitrogens is 2. The van der Waals surface area contributed by atoms with Crippen LogP contribution in [0.15, 0.2) is 63.5 Å². The normalized spacial score (nSPS) is 15.5. The maximum atomic E-state index is 12.9. The molecular formula is C26H24N4O5S. The molecule has 1 saturated heterocycles. The van der Waals surface area contributed by atoms with Gasteiger partial charge in [0.15, 0.2) is 11.5 Å². The number of nitrogens with one attached hydrogen (secondary N) is 1. The lowest BCUT2D eigenvalue weighted by Gasteiger charge is -2.35. The predicted molar refractivity (Wildman–Crippen MR) is 136 cm³/mol. The lowest BCUT2D eigenvalue weighted by atomic mass is 10.1. The van der Waals surface area contributed by atoms with E-state index in [1.54, 1.807) is 35.7 Å². The van der Waals surface area contributed by atoms with Crippen molar-refractivity contribution in [2.24, 2.45) is 0 Å². The van der Waals surface area contributed by atoms with Gasteiger partial charge in [0, 0.05) is 32.7 Å². The highest BCUT2D eigenvalue weighted by Gasteiger charge is 2.22. The molecule has 0 saturated carbocycles. The second-order valence-corrected chi connectivity index (χ2v) is 9.84. The minimum Gasteiger partial charge on any atom is -0.454 e. The van der Waals surface area contributed by atoms with Gasteiger partial charge in [-0.15, -0.1) is 11.3 Å². The van der Waals surface area contributed by atoms with Crippen molar-refractivity contribution >= 4 is 27.5 Å². The number of nitrogens with zero attached hydrogens (tertiary/aromatic N) is 3. The summed E-state index contributed by atoms with van der Waals surface area (Å²) in [5, 5.41) is 1.78. The van der Waals surface area contributed by atoms with Gasteiger partial charge in [0.25, 0.3) is 5.56 Å². The summed E-state index contributed by atoms with van der Waals surface area (Å²) in [4.78, 5) is 45.1. The Balaban J connectivity index is 1.06. The van der Waals surface area contributed by atoms with Crippen molar-refractivity contribution in [3.63, 3.8) is 0 Å². The number of hydrogen-bond acceptors (Lipinski definition) is 7. The van der Waals surface area contributed by atoms with Gasteiger partial charge in [0.05, 0.1) is 17.6 Å². The Labute approximate surface area is 210 Å². The molecular weight excluding hydrogens is 480 g/mol. The zero-order valence-corrected chi connectivity index (χ0v) is 20.3. The van der Waals surface area contributed by atoms with Crippen LogP contribution in [0.1, 0.15) is 11.1 Å². The number of H-pyrrole nitrogens is 1. The second kappa shape index (κ2) is 9.29. The molecule has 0 atom stereocenters. The molecule has 0 unspecified atom stereocenters. The molecule has 2 aromatic heterocycles. The Morgan fingerprint density at radius 1 is 0.917 bits per heavy atom. The number of ether oxygens (including phenoxy) is 2. The topological polar surface area (TPSA) is 96.9 Å². The van der Waals surface area contributed by atoms with Gasteiger partial charge < -0.3 is 19.4 Å². The zero-order valence-electron chi connectivity index (χ0n) is 19.4. The van der Waals surface area contributed by atoms with Crippen molar-refractivity contribution in [1.29, 1.82) is 0 Å². The molecule has 6 rings (SSSR count). The molecule has 4 aromatic rings. The molecule has 0 radical (unpaired) electrons. The van der Waals surface area contributed by atoms with Crippen LogP contribution in [0.5, 0.6) is 11.5 Å². The monoisotopic (exact) mass is 504 g/mol. The van der Waals surface area contributed by atoms with Crippen molar-refractivity contribution in [1.82, 2.24) is 19.4 Å². The van der Waals surface area contributed by atoms with Gasteiger partial charge in [-0.3, -0.25) is 14.5 Å². The third kappa shape index (κ3) is 4.29. The van der Waals surface area contributed by atoms with Crippen LogP contribution in [-0.2, 0) is 17.8 Å². The summed E-state index contributed by atoms with van der Waals surface area (Å²) in [6, 6.07) is 14.7. The number of carbonyl (C=O) groups excluding carboxylic acids is 1. The van der Waals surface area contributed by atoms with E-state index in [-0.39, 0.29) is 24.7 Å². The molecule has 184 valence electrons. The SMILES string of the molecule is O=C(Cc1ccc(-n2c(=O)[nH]c3ccsc3c2=O)cc1)N1CCN(Cc2ccc3c(c2)OCO3)CC1. The highest BCUT2D eigenvalue weighted by Crippen LogP contribution is 2.32. The van der Waals surface area contributed by atoms with E-state index in [2.05, 4.69) is 16.0 Å². The van der Waals surface area contributed by atoms with Crippen LogP contribution in [0, 0.1) is 0 Å². The number of benzene rings is 2. The average Bonchev–Trinajstić information content (AvgIpc) is 3.55. The van der Waals surface area contributed by atoms with Crippen molar-refractivity contribution in [2.75, 3.05) is 33.0 Å². The van der Waals surface area contributed by atoms with E-state index in [0.29, 0.717) is 29.0 Å². The maximum absolute atomic E-state index is 12.9. The Morgan fingerprint density at radius 3 is 2.47 bits per heavy atom. The Kier molecular flexibility index (Phi) is 5.82. The molecule has 10 heteroatoms. The van der Waals surface area contributed by atoms with Crippen LogP contribution >= 0.6 is 11.3 Å². The van der Waals surface area contributed by atoms with Crippen LogP contribution in [0.25, 0.3) is 15.9 Å².